The molecule has 1 aliphatic rings. The number of aromatic amines is 1. The van der Waals surface area contributed by atoms with Gasteiger partial charge in [-0.3, -0.25) is 0 Å². The van der Waals surface area contributed by atoms with Crippen LogP contribution >= 0.6 is 0 Å². The Morgan fingerprint density at radius 2 is 2.11 bits per heavy atom. The zero-order valence-electron chi connectivity index (χ0n) is 14.8. The van der Waals surface area contributed by atoms with Crippen molar-refractivity contribution in [3.05, 3.63) is 35.7 Å². The number of H-pyrrole nitrogens is 1. The lowest BCUT2D eigenvalue weighted by atomic mass is 10.1. The molecule has 3 aromatic rings. The van der Waals surface area contributed by atoms with Gasteiger partial charge in [0.25, 0.3) is 0 Å². The smallest absolute Gasteiger partial charge is 0.229 e. The van der Waals surface area contributed by atoms with Crippen molar-refractivity contribution in [2.24, 2.45) is 0 Å². The van der Waals surface area contributed by atoms with Crippen LogP contribution in [-0.2, 0) is 9.84 Å². The summed E-state index contributed by atoms with van der Waals surface area (Å²) in [6.45, 7) is 0. The van der Waals surface area contributed by atoms with Crippen molar-refractivity contribution in [1.82, 2.24) is 15.0 Å². The zero-order chi connectivity index (χ0) is 19.2. The van der Waals surface area contributed by atoms with Gasteiger partial charge in [-0.05, 0) is 25.0 Å². The number of anilines is 2. The number of nitrogens with one attached hydrogen (secondary N) is 2. The highest BCUT2D eigenvalue weighted by atomic mass is 32.2. The van der Waals surface area contributed by atoms with E-state index in [0.29, 0.717) is 34.5 Å². The van der Waals surface area contributed by atoms with Gasteiger partial charge in [-0.2, -0.15) is 10.2 Å². The summed E-state index contributed by atoms with van der Waals surface area (Å²) in [5.74, 6) is 1.06. The Kier molecular flexibility index (Phi) is 4.00. The lowest BCUT2D eigenvalue weighted by molar-refractivity contribution is 0.415. The molecule has 4 rings (SSSR count). The summed E-state index contributed by atoms with van der Waals surface area (Å²) in [6.07, 6.45) is 4.85. The fourth-order valence-electron chi connectivity index (χ4n) is 2.98. The Balaban J connectivity index is 1.77. The highest BCUT2D eigenvalue weighted by molar-refractivity contribution is 7.90. The van der Waals surface area contributed by atoms with Gasteiger partial charge in [0.2, 0.25) is 5.95 Å². The molecule has 0 amide bonds. The lowest BCUT2D eigenvalue weighted by Crippen LogP contribution is -2.04. The second kappa shape index (κ2) is 6.25. The Morgan fingerprint density at radius 1 is 1.33 bits per heavy atom. The summed E-state index contributed by atoms with van der Waals surface area (Å²) in [7, 11) is -1.87. The molecule has 0 unspecified atom stereocenters. The van der Waals surface area contributed by atoms with E-state index in [2.05, 4.69) is 26.3 Å². The number of ether oxygens (including phenoxy) is 1. The van der Waals surface area contributed by atoms with Crippen LogP contribution in [-0.4, -0.2) is 36.7 Å². The SMILES string of the molecule is COc1cc(S(C)(=O)=O)ccc1Nc1nc(C2CC2)c2c(C#N)c[nH]c2n1. The first-order valence-corrected chi connectivity index (χ1v) is 10.2. The number of nitriles is 1. The van der Waals surface area contributed by atoms with Gasteiger partial charge in [0.15, 0.2) is 9.84 Å². The van der Waals surface area contributed by atoms with Crippen LogP contribution in [0.5, 0.6) is 5.75 Å². The Bertz CT molecular complexity index is 1190. The topological polar surface area (TPSA) is 121 Å². The van der Waals surface area contributed by atoms with Crippen molar-refractivity contribution in [2.45, 2.75) is 23.7 Å². The molecule has 1 saturated carbocycles. The minimum atomic E-state index is -3.34. The highest BCUT2D eigenvalue weighted by Gasteiger charge is 2.29. The second-order valence-electron chi connectivity index (χ2n) is 6.50. The summed E-state index contributed by atoms with van der Waals surface area (Å²) in [5, 5.41) is 13.2. The number of aromatic nitrogens is 3. The van der Waals surface area contributed by atoms with E-state index in [1.807, 2.05) is 0 Å². The summed E-state index contributed by atoms with van der Waals surface area (Å²) in [6, 6.07) is 6.75. The summed E-state index contributed by atoms with van der Waals surface area (Å²) in [4.78, 5) is 12.3. The van der Waals surface area contributed by atoms with E-state index in [9.17, 15) is 13.7 Å². The Hall–Kier alpha value is -3.12. The quantitative estimate of drug-likeness (QED) is 0.695. The number of fused-ring (bicyclic) bond motifs is 1. The van der Waals surface area contributed by atoms with E-state index in [0.717, 1.165) is 30.2 Å². The third-order valence-electron chi connectivity index (χ3n) is 4.49. The first-order chi connectivity index (χ1) is 12.9. The van der Waals surface area contributed by atoms with Crippen LogP contribution in [0.3, 0.4) is 0 Å². The fourth-order valence-corrected chi connectivity index (χ4v) is 3.62. The minimum absolute atomic E-state index is 0.169. The molecule has 0 aliphatic heterocycles. The summed E-state index contributed by atoms with van der Waals surface area (Å²) in [5.41, 5.74) is 2.54. The van der Waals surface area contributed by atoms with E-state index in [1.165, 1.54) is 19.2 Å². The molecule has 1 aliphatic carbocycles. The van der Waals surface area contributed by atoms with Crippen LogP contribution in [0.4, 0.5) is 11.6 Å². The van der Waals surface area contributed by atoms with Gasteiger partial charge in [-0.25, -0.2) is 13.4 Å². The molecule has 138 valence electrons. The summed E-state index contributed by atoms with van der Waals surface area (Å²) < 4.78 is 28.8. The number of rotatable bonds is 5. The normalized spacial score (nSPS) is 14.1. The van der Waals surface area contributed by atoms with Crippen molar-refractivity contribution in [1.29, 1.82) is 5.26 Å². The van der Waals surface area contributed by atoms with Crippen LogP contribution in [0.1, 0.15) is 30.0 Å². The average molecular weight is 383 g/mol. The van der Waals surface area contributed by atoms with Crippen molar-refractivity contribution >= 4 is 32.5 Å². The first kappa shape index (κ1) is 17.3. The number of hydrogen-bond acceptors (Lipinski definition) is 7. The lowest BCUT2D eigenvalue weighted by Gasteiger charge is -2.12. The molecule has 27 heavy (non-hydrogen) atoms. The van der Waals surface area contributed by atoms with E-state index in [-0.39, 0.29) is 4.90 Å². The predicted molar refractivity (Wildman–Crippen MR) is 100.0 cm³/mol. The van der Waals surface area contributed by atoms with Crippen molar-refractivity contribution in [3.63, 3.8) is 0 Å². The number of sulfone groups is 1. The molecule has 2 N–H and O–H groups in total. The molecule has 9 heteroatoms. The number of methoxy groups -OCH3 is 1. The molecule has 8 nitrogen and oxygen atoms in total. The predicted octanol–water partition coefficient (Wildman–Crippen LogP) is 2.86. The Labute approximate surface area is 156 Å². The molecule has 1 aromatic carbocycles. The van der Waals surface area contributed by atoms with E-state index >= 15 is 0 Å². The van der Waals surface area contributed by atoms with Crippen LogP contribution in [0.2, 0.25) is 0 Å². The minimum Gasteiger partial charge on any atom is -0.495 e. The van der Waals surface area contributed by atoms with E-state index < -0.39 is 9.84 Å². The largest absolute Gasteiger partial charge is 0.495 e. The van der Waals surface area contributed by atoms with E-state index in [4.69, 9.17) is 4.74 Å². The Morgan fingerprint density at radius 3 is 2.74 bits per heavy atom. The third kappa shape index (κ3) is 3.19. The first-order valence-electron chi connectivity index (χ1n) is 8.35. The molecular weight excluding hydrogens is 366 g/mol. The molecular formula is C18H17N5O3S. The van der Waals surface area contributed by atoms with Gasteiger partial charge in [-0.1, -0.05) is 0 Å². The maximum Gasteiger partial charge on any atom is 0.229 e. The molecule has 1 fully saturated rings. The van der Waals surface area contributed by atoms with Gasteiger partial charge in [0.05, 0.1) is 34.3 Å². The third-order valence-corrected chi connectivity index (χ3v) is 5.60. The van der Waals surface area contributed by atoms with Crippen molar-refractivity contribution in [2.75, 3.05) is 18.7 Å². The molecule has 2 aromatic heterocycles. The maximum atomic E-state index is 11.7. The molecule has 0 atom stereocenters. The monoisotopic (exact) mass is 383 g/mol. The maximum absolute atomic E-state index is 11.7. The highest BCUT2D eigenvalue weighted by Crippen LogP contribution is 2.43. The van der Waals surface area contributed by atoms with Crippen LogP contribution in [0.15, 0.2) is 29.3 Å². The molecule has 2 heterocycles. The van der Waals surface area contributed by atoms with Crippen LogP contribution in [0.25, 0.3) is 11.0 Å². The molecule has 0 saturated heterocycles. The van der Waals surface area contributed by atoms with Crippen LogP contribution < -0.4 is 10.1 Å². The number of hydrogen-bond donors (Lipinski definition) is 2. The molecule has 0 bridgehead atoms. The molecule has 0 radical (unpaired) electrons. The molecule has 0 spiro atoms. The van der Waals surface area contributed by atoms with Crippen molar-refractivity contribution in [3.8, 4) is 11.8 Å². The van der Waals surface area contributed by atoms with E-state index in [1.54, 1.807) is 12.3 Å². The average Bonchev–Trinajstić information content (AvgIpc) is 3.40. The summed E-state index contributed by atoms with van der Waals surface area (Å²) >= 11 is 0. The fraction of sp³-hybridized carbons (Fsp3) is 0.278. The number of nitrogens with zero attached hydrogens (tertiary/aromatic N) is 3. The standard InChI is InChI=1S/C18H17N5O3S/c1-26-14-7-12(27(2,24)25)5-6-13(14)21-18-22-16(10-3-4-10)15-11(8-19)9-20-17(15)23-18/h5-7,9-10H,3-4H2,1-2H3,(H2,20,21,22,23). The van der Waals surface area contributed by atoms with Gasteiger partial charge in [-0.15, -0.1) is 0 Å². The van der Waals surface area contributed by atoms with Gasteiger partial charge in [0, 0.05) is 24.4 Å². The van der Waals surface area contributed by atoms with Gasteiger partial charge >= 0.3 is 0 Å². The zero-order valence-corrected chi connectivity index (χ0v) is 15.6. The second-order valence-corrected chi connectivity index (χ2v) is 8.52. The number of benzene rings is 1. The van der Waals surface area contributed by atoms with Gasteiger partial charge < -0.3 is 15.0 Å². The van der Waals surface area contributed by atoms with Crippen molar-refractivity contribution < 1.29 is 13.2 Å². The van der Waals surface area contributed by atoms with Gasteiger partial charge in [0.1, 0.15) is 17.5 Å². The van der Waals surface area contributed by atoms with Crippen LogP contribution in [0, 0.1) is 11.3 Å².